The zero-order valence-corrected chi connectivity index (χ0v) is 9.72. The van der Waals surface area contributed by atoms with Crippen molar-refractivity contribution in [3.05, 3.63) is 34.4 Å². The van der Waals surface area contributed by atoms with Crippen LogP contribution in [0.1, 0.15) is 41.5 Å². The molecule has 2 N–H and O–H groups in total. The van der Waals surface area contributed by atoms with E-state index in [4.69, 9.17) is 5.73 Å². The maximum atomic E-state index is 5.58. The molecule has 0 fully saturated rings. The van der Waals surface area contributed by atoms with Gasteiger partial charge < -0.3 is 5.73 Å². The molecule has 0 aliphatic rings. The highest BCUT2D eigenvalue weighted by Crippen LogP contribution is 2.25. The van der Waals surface area contributed by atoms with Gasteiger partial charge in [-0.25, -0.2) is 0 Å². The van der Waals surface area contributed by atoms with Crippen molar-refractivity contribution < 1.29 is 0 Å². The summed E-state index contributed by atoms with van der Waals surface area (Å²) in [6.07, 6.45) is 1.07. The van der Waals surface area contributed by atoms with Gasteiger partial charge in [0.15, 0.2) is 0 Å². The Labute approximate surface area is 87.3 Å². The Morgan fingerprint density at radius 1 is 1.14 bits per heavy atom. The third kappa shape index (κ3) is 2.16. The summed E-state index contributed by atoms with van der Waals surface area (Å²) in [5.41, 5.74) is 11.3. The molecule has 0 radical (unpaired) electrons. The minimum absolute atomic E-state index is 0.583. The summed E-state index contributed by atoms with van der Waals surface area (Å²) < 4.78 is 0. The lowest BCUT2D eigenvalue weighted by molar-refractivity contribution is 0.685. The van der Waals surface area contributed by atoms with E-state index in [1.807, 2.05) is 0 Å². The molecular formula is C13H21N. The molecule has 1 rings (SSSR count). The maximum Gasteiger partial charge on any atom is -0.00715 e. The van der Waals surface area contributed by atoms with Crippen LogP contribution in [0.2, 0.25) is 0 Å². The molecule has 1 nitrogen and oxygen atoms in total. The van der Waals surface area contributed by atoms with Crippen LogP contribution in [0.3, 0.4) is 0 Å². The molecule has 0 aromatic heterocycles. The van der Waals surface area contributed by atoms with Gasteiger partial charge in [0.1, 0.15) is 0 Å². The third-order valence-electron chi connectivity index (χ3n) is 3.23. The van der Waals surface area contributed by atoms with Gasteiger partial charge in [-0.2, -0.15) is 0 Å². The fourth-order valence-electron chi connectivity index (χ4n) is 1.92. The zero-order valence-electron chi connectivity index (χ0n) is 9.72. The summed E-state index contributed by atoms with van der Waals surface area (Å²) in [6, 6.07) is 4.46. The van der Waals surface area contributed by atoms with Crippen molar-refractivity contribution in [1.29, 1.82) is 0 Å². The average molecular weight is 191 g/mol. The van der Waals surface area contributed by atoms with Crippen molar-refractivity contribution in [3.63, 3.8) is 0 Å². The molecule has 0 heterocycles. The van der Waals surface area contributed by atoms with Crippen molar-refractivity contribution >= 4 is 0 Å². The first-order chi connectivity index (χ1) is 6.57. The molecule has 1 heteroatoms. The number of benzene rings is 1. The lowest BCUT2D eigenvalue weighted by atomic mass is 9.89. The van der Waals surface area contributed by atoms with Gasteiger partial charge in [0.25, 0.3) is 0 Å². The monoisotopic (exact) mass is 191 g/mol. The fourth-order valence-corrected chi connectivity index (χ4v) is 1.92. The Balaban J connectivity index is 3.04. The molecule has 78 valence electrons. The normalized spacial score (nSPS) is 12.9. The highest BCUT2D eigenvalue weighted by atomic mass is 14.5. The van der Waals surface area contributed by atoms with Crippen molar-refractivity contribution in [2.75, 3.05) is 6.54 Å². The first kappa shape index (κ1) is 11.3. The summed E-state index contributed by atoms with van der Waals surface area (Å²) in [4.78, 5) is 0. The average Bonchev–Trinajstić information content (AvgIpc) is 2.15. The Morgan fingerprint density at radius 3 is 2.36 bits per heavy atom. The summed E-state index contributed by atoms with van der Waals surface area (Å²) in [5, 5.41) is 0. The lowest BCUT2D eigenvalue weighted by Gasteiger charge is -2.16. The Hall–Kier alpha value is -0.820. The smallest absolute Gasteiger partial charge is 0.00715 e. The maximum absolute atomic E-state index is 5.58. The van der Waals surface area contributed by atoms with Crippen LogP contribution >= 0.6 is 0 Å². The predicted octanol–water partition coefficient (Wildman–Crippen LogP) is 3.06. The molecule has 0 saturated carbocycles. The van der Waals surface area contributed by atoms with Crippen LogP contribution in [-0.4, -0.2) is 6.54 Å². The number of nitrogens with two attached hydrogens (primary N) is 1. The Bertz CT molecular complexity index is 315. The largest absolute Gasteiger partial charge is 0.330 e. The van der Waals surface area contributed by atoms with Crippen molar-refractivity contribution in [2.45, 2.75) is 40.0 Å². The van der Waals surface area contributed by atoms with E-state index in [0.717, 1.165) is 13.0 Å². The van der Waals surface area contributed by atoms with Gasteiger partial charge in [-0.3, -0.25) is 0 Å². The van der Waals surface area contributed by atoms with Gasteiger partial charge in [0.05, 0.1) is 0 Å². The standard InChI is InChI=1S/C13H21N/c1-9-5-6-13(10(2)7-8-14)12(4)11(9)3/h5-6,10H,7-8,14H2,1-4H3. The van der Waals surface area contributed by atoms with Gasteiger partial charge in [-0.1, -0.05) is 19.1 Å². The third-order valence-corrected chi connectivity index (χ3v) is 3.23. The van der Waals surface area contributed by atoms with E-state index in [9.17, 15) is 0 Å². The van der Waals surface area contributed by atoms with Crippen molar-refractivity contribution in [1.82, 2.24) is 0 Å². The van der Waals surface area contributed by atoms with Crippen molar-refractivity contribution in [3.8, 4) is 0 Å². The van der Waals surface area contributed by atoms with Crippen LogP contribution in [0.5, 0.6) is 0 Å². The van der Waals surface area contributed by atoms with E-state index in [2.05, 4.69) is 39.8 Å². The Kier molecular flexibility index (Phi) is 3.70. The molecule has 0 bridgehead atoms. The van der Waals surface area contributed by atoms with Gasteiger partial charge in [-0.15, -0.1) is 0 Å². The van der Waals surface area contributed by atoms with Gasteiger partial charge >= 0.3 is 0 Å². The molecule has 0 saturated heterocycles. The second kappa shape index (κ2) is 4.61. The minimum atomic E-state index is 0.583. The van der Waals surface area contributed by atoms with E-state index >= 15 is 0 Å². The summed E-state index contributed by atoms with van der Waals surface area (Å²) in [7, 11) is 0. The van der Waals surface area contributed by atoms with Crippen LogP contribution in [0, 0.1) is 20.8 Å². The SMILES string of the molecule is Cc1ccc(C(C)CCN)c(C)c1C. The van der Waals surface area contributed by atoms with Crippen molar-refractivity contribution in [2.24, 2.45) is 5.73 Å². The molecule has 0 aliphatic carbocycles. The minimum Gasteiger partial charge on any atom is -0.330 e. The molecule has 0 aliphatic heterocycles. The molecule has 1 atom stereocenters. The number of rotatable bonds is 3. The molecule has 1 aromatic carbocycles. The quantitative estimate of drug-likeness (QED) is 0.780. The predicted molar refractivity (Wildman–Crippen MR) is 62.7 cm³/mol. The second-order valence-corrected chi connectivity index (χ2v) is 4.20. The van der Waals surface area contributed by atoms with E-state index in [1.54, 1.807) is 0 Å². The van der Waals surface area contributed by atoms with Gasteiger partial charge in [-0.05, 0) is 61.9 Å². The number of hydrogen-bond donors (Lipinski definition) is 1. The van der Waals surface area contributed by atoms with Crippen LogP contribution < -0.4 is 5.73 Å². The highest BCUT2D eigenvalue weighted by Gasteiger charge is 2.09. The number of aryl methyl sites for hydroxylation is 1. The first-order valence-electron chi connectivity index (χ1n) is 5.34. The molecule has 0 spiro atoms. The summed E-state index contributed by atoms with van der Waals surface area (Å²) >= 11 is 0. The fraction of sp³-hybridized carbons (Fsp3) is 0.538. The van der Waals surface area contributed by atoms with E-state index < -0.39 is 0 Å². The van der Waals surface area contributed by atoms with E-state index in [-0.39, 0.29) is 0 Å². The summed E-state index contributed by atoms with van der Waals surface area (Å²) in [5.74, 6) is 0.583. The van der Waals surface area contributed by atoms with Crippen LogP contribution in [0.25, 0.3) is 0 Å². The van der Waals surface area contributed by atoms with E-state index in [0.29, 0.717) is 5.92 Å². The lowest BCUT2D eigenvalue weighted by Crippen LogP contribution is -2.06. The second-order valence-electron chi connectivity index (χ2n) is 4.20. The molecular weight excluding hydrogens is 170 g/mol. The van der Waals surface area contributed by atoms with E-state index in [1.165, 1.54) is 22.3 Å². The van der Waals surface area contributed by atoms with Crippen LogP contribution in [0.15, 0.2) is 12.1 Å². The first-order valence-corrected chi connectivity index (χ1v) is 5.34. The molecule has 0 amide bonds. The Morgan fingerprint density at radius 2 is 1.79 bits per heavy atom. The van der Waals surface area contributed by atoms with Gasteiger partial charge in [0, 0.05) is 0 Å². The summed E-state index contributed by atoms with van der Waals surface area (Å²) in [6.45, 7) is 9.60. The zero-order chi connectivity index (χ0) is 10.7. The molecule has 1 aromatic rings. The topological polar surface area (TPSA) is 26.0 Å². The van der Waals surface area contributed by atoms with Gasteiger partial charge in [0.2, 0.25) is 0 Å². The molecule has 14 heavy (non-hydrogen) atoms. The molecule has 1 unspecified atom stereocenters. The number of hydrogen-bond acceptors (Lipinski definition) is 1. The van der Waals surface area contributed by atoms with Crippen LogP contribution in [-0.2, 0) is 0 Å². The van der Waals surface area contributed by atoms with Crippen LogP contribution in [0.4, 0.5) is 0 Å². The highest BCUT2D eigenvalue weighted by molar-refractivity contribution is 5.40.